The number of hydrogen-bond acceptors (Lipinski definition) is 6. The molecule has 1 unspecified atom stereocenters. The van der Waals surface area contributed by atoms with Crippen molar-refractivity contribution in [1.82, 2.24) is 14.9 Å². The van der Waals surface area contributed by atoms with Crippen LogP contribution in [-0.4, -0.2) is 52.3 Å². The van der Waals surface area contributed by atoms with Crippen molar-refractivity contribution in [2.24, 2.45) is 5.73 Å². The van der Waals surface area contributed by atoms with Crippen molar-refractivity contribution in [1.29, 1.82) is 0 Å². The maximum atomic E-state index is 11.4. The summed E-state index contributed by atoms with van der Waals surface area (Å²) in [5.74, 6) is 0.428. The molecule has 2 N–H and O–H groups in total. The summed E-state index contributed by atoms with van der Waals surface area (Å²) in [5, 5.41) is 1.44. The zero-order chi connectivity index (χ0) is 16.2. The van der Waals surface area contributed by atoms with Gasteiger partial charge in [0.2, 0.25) is 5.91 Å². The average molecular weight is 332 g/mol. The van der Waals surface area contributed by atoms with Crippen LogP contribution in [0.3, 0.4) is 0 Å². The first-order valence-electron chi connectivity index (χ1n) is 7.65. The second kappa shape index (κ2) is 7.25. The van der Waals surface area contributed by atoms with Crippen LogP contribution in [0.1, 0.15) is 12.7 Å². The second-order valence-electron chi connectivity index (χ2n) is 5.51. The van der Waals surface area contributed by atoms with Gasteiger partial charge in [-0.2, -0.15) is 0 Å². The van der Waals surface area contributed by atoms with Crippen molar-refractivity contribution in [2.45, 2.75) is 23.7 Å². The van der Waals surface area contributed by atoms with Crippen LogP contribution in [0.25, 0.3) is 10.9 Å². The van der Waals surface area contributed by atoms with Crippen molar-refractivity contribution >= 4 is 28.6 Å². The molecule has 1 aliphatic rings. The number of primary amides is 1. The van der Waals surface area contributed by atoms with E-state index in [1.807, 2.05) is 24.3 Å². The van der Waals surface area contributed by atoms with Crippen LogP contribution in [0, 0.1) is 0 Å². The van der Waals surface area contributed by atoms with Crippen LogP contribution >= 0.6 is 11.8 Å². The summed E-state index contributed by atoms with van der Waals surface area (Å²) in [5.41, 5.74) is 6.28. The minimum absolute atomic E-state index is 0.329. The third-order valence-corrected chi connectivity index (χ3v) is 4.89. The zero-order valence-electron chi connectivity index (χ0n) is 13.1. The highest BCUT2D eigenvalue weighted by Crippen LogP contribution is 2.28. The summed E-state index contributed by atoms with van der Waals surface area (Å²) in [6.45, 7) is 5.74. The summed E-state index contributed by atoms with van der Waals surface area (Å²) in [6.07, 6.45) is 0. The van der Waals surface area contributed by atoms with Crippen LogP contribution in [0.2, 0.25) is 0 Å². The van der Waals surface area contributed by atoms with Crippen LogP contribution in [0.15, 0.2) is 29.3 Å². The molecule has 0 radical (unpaired) electrons. The van der Waals surface area contributed by atoms with Gasteiger partial charge in [-0.15, -0.1) is 0 Å². The minimum atomic E-state index is -0.340. The molecule has 1 saturated heterocycles. The molecule has 1 fully saturated rings. The predicted molar refractivity (Wildman–Crippen MR) is 90.1 cm³/mol. The fraction of sp³-hybridized carbons (Fsp3) is 0.438. The molecule has 0 spiro atoms. The molecule has 1 aromatic heterocycles. The number of ether oxygens (including phenoxy) is 1. The largest absolute Gasteiger partial charge is 0.379 e. The monoisotopic (exact) mass is 332 g/mol. The maximum absolute atomic E-state index is 11.4. The van der Waals surface area contributed by atoms with E-state index in [-0.39, 0.29) is 11.2 Å². The van der Waals surface area contributed by atoms with E-state index in [2.05, 4.69) is 14.9 Å². The van der Waals surface area contributed by atoms with Crippen molar-refractivity contribution in [3.8, 4) is 0 Å². The van der Waals surface area contributed by atoms with Crippen molar-refractivity contribution < 1.29 is 9.53 Å². The van der Waals surface area contributed by atoms with Gasteiger partial charge in [0.25, 0.3) is 0 Å². The minimum Gasteiger partial charge on any atom is -0.379 e. The van der Waals surface area contributed by atoms with Gasteiger partial charge in [0.1, 0.15) is 10.9 Å². The molecular weight excluding hydrogens is 312 g/mol. The van der Waals surface area contributed by atoms with E-state index in [1.54, 1.807) is 6.92 Å². The highest BCUT2D eigenvalue weighted by atomic mass is 32.2. The average Bonchev–Trinajstić information content (AvgIpc) is 2.55. The van der Waals surface area contributed by atoms with Crippen LogP contribution in [0.4, 0.5) is 0 Å². The van der Waals surface area contributed by atoms with E-state index in [4.69, 9.17) is 10.5 Å². The van der Waals surface area contributed by atoms with Crippen LogP contribution in [0.5, 0.6) is 0 Å². The SMILES string of the molecule is CC(Sc1nc(CN2CCOCC2)nc2ccccc12)C(N)=O. The number of aromatic nitrogens is 2. The molecule has 1 aromatic carbocycles. The molecule has 6 nitrogen and oxygen atoms in total. The number of para-hydroxylation sites is 1. The van der Waals surface area contributed by atoms with Gasteiger partial charge in [-0.1, -0.05) is 30.0 Å². The highest BCUT2D eigenvalue weighted by molar-refractivity contribution is 8.00. The number of nitrogens with zero attached hydrogens (tertiary/aromatic N) is 3. The number of amides is 1. The molecule has 3 rings (SSSR count). The normalized spacial score (nSPS) is 17.3. The van der Waals surface area contributed by atoms with Gasteiger partial charge in [0, 0.05) is 18.5 Å². The lowest BCUT2D eigenvalue weighted by Crippen LogP contribution is -2.36. The first-order chi connectivity index (χ1) is 11.1. The Kier molecular flexibility index (Phi) is 5.09. The summed E-state index contributed by atoms with van der Waals surface area (Å²) in [6, 6.07) is 7.86. The van der Waals surface area contributed by atoms with Gasteiger partial charge in [-0.25, -0.2) is 9.97 Å². The van der Waals surface area contributed by atoms with Gasteiger partial charge in [-0.05, 0) is 13.0 Å². The summed E-state index contributed by atoms with van der Waals surface area (Å²) in [7, 11) is 0. The summed E-state index contributed by atoms with van der Waals surface area (Å²) >= 11 is 1.39. The van der Waals surface area contributed by atoms with Crippen molar-refractivity contribution in [3.05, 3.63) is 30.1 Å². The van der Waals surface area contributed by atoms with E-state index in [0.717, 1.165) is 48.1 Å². The van der Waals surface area contributed by atoms with Gasteiger partial charge in [-0.3, -0.25) is 9.69 Å². The number of carbonyl (C=O) groups is 1. The number of carbonyl (C=O) groups excluding carboxylic acids is 1. The van der Waals surface area contributed by atoms with Gasteiger partial charge >= 0.3 is 0 Å². The Bertz CT molecular complexity index is 704. The first-order valence-corrected chi connectivity index (χ1v) is 8.53. The fourth-order valence-electron chi connectivity index (χ4n) is 2.44. The lowest BCUT2D eigenvalue weighted by molar-refractivity contribution is -0.117. The van der Waals surface area contributed by atoms with Crippen molar-refractivity contribution in [2.75, 3.05) is 26.3 Å². The Morgan fingerprint density at radius 2 is 2.09 bits per heavy atom. The number of morpholine rings is 1. The number of benzene rings is 1. The Morgan fingerprint density at radius 1 is 1.35 bits per heavy atom. The molecule has 23 heavy (non-hydrogen) atoms. The van der Waals surface area contributed by atoms with Crippen LogP contribution in [-0.2, 0) is 16.1 Å². The van der Waals surface area contributed by atoms with Crippen LogP contribution < -0.4 is 5.73 Å². The van der Waals surface area contributed by atoms with Crippen molar-refractivity contribution in [3.63, 3.8) is 0 Å². The number of thioether (sulfide) groups is 1. The zero-order valence-corrected chi connectivity index (χ0v) is 13.9. The maximum Gasteiger partial charge on any atom is 0.230 e. The Balaban J connectivity index is 1.90. The molecule has 1 amide bonds. The quantitative estimate of drug-likeness (QED) is 0.659. The summed E-state index contributed by atoms with van der Waals surface area (Å²) < 4.78 is 5.37. The van der Waals surface area contributed by atoms with E-state index >= 15 is 0 Å². The molecule has 0 saturated carbocycles. The second-order valence-corrected chi connectivity index (χ2v) is 6.84. The Hall–Kier alpha value is -1.70. The predicted octanol–water partition coefficient (Wildman–Crippen LogP) is 1.43. The summed E-state index contributed by atoms with van der Waals surface area (Å²) in [4.78, 5) is 23.0. The van der Waals surface area contributed by atoms with E-state index < -0.39 is 0 Å². The van der Waals surface area contributed by atoms with Gasteiger partial charge < -0.3 is 10.5 Å². The fourth-order valence-corrected chi connectivity index (χ4v) is 3.35. The third-order valence-electron chi connectivity index (χ3n) is 3.77. The standard InChI is InChI=1S/C16H20N4O2S/c1-11(15(17)21)23-16-12-4-2-3-5-13(12)18-14(19-16)10-20-6-8-22-9-7-20/h2-5,11H,6-10H2,1H3,(H2,17,21). The highest BCUT2D eigenvalue weighted by Gasteiger charge is 2.17. The lowest BCUT2D eigenvalue weighted by Gasteiger charge is -2.26. The number of fused-ring (bicyclic) bond motifs is 1. The first kappa shape index (κ1) is 16.2. The molecule has 1 atom stereocenters. The number of hydrogen-bond donors (Lipinski definition) is 1. The molecule has 0 bridgehead atoms. The van der Waals surface area contributed by atoms with Gasteiger partial charge in [0.15, 0.2) is 0 Å². The smallest absolute Gasteiger partial charge is 0.230 e. The molecular formula is C16H20N4O2S. The third kappa shape index (κ3) is 3.99. The molecule has 2 heterocycles. The van der Waals surface area contributed by atoms with E-state index in [0.29, 0.717) is 6.54 Å². The number of rotatable bonds is 5. The number of nitrogens with two attached hydrogens (primary N) is 1. The molecule has 7 heteroatoms. The van der Waals surface area contributed by atoms with E-state index in [1.165, 1.54) is 11.8 Å². The molecule has 1 aliphatic heterocycles. The molecule has 122 valence electrons. The van der Waals surface area contributed by atoms with E-state index in [9.17, 15) is 4.79 Å². The topological polar surface area (TPSA) is 81.3 Å². The Labute approximate surface area is 139 Å². The van der Waals surface area contributed by atoms with Gasteiger partial charge in [0.05, 0.1) is 30.5 Å². The Morgan fingerprint density at radius 3 is 2.83 bits per heavy atom. The lowest BCUT2D eigenvalue weighted by atomic mass is 10.2. The molecule has 0 aliphatic carbocycles. The molecule has 2 aromatic rings.